The third-order valence-electron chi connectivity index (χ3n) is 3.31. The van der Waals surface area contributed by atoms with Crippen molar-refractivity contribution in [1.29, 1.82) is 0 Å². The molecule has 2 rings (SSSR count). The first kappa shape index (κ1) is 10.7. The van der Waals surface area contributed by atoms with Crippen molar-refractivity contribution in [3.63, 3.8) is 0 Å². The fourth-order valence-corrected chi connectivity index (χ4v) is 2.69. The molecular formula is C12H12O4. The van der Waals surface area contributed by atoms with E-state index in [1.807, 2.05) is 12.2 Å². The number of allylic oxidation sites excluding steroid dienone is 2. The van der Waals surface area contributed by atoms with E-state index in [4.69, 9.17) is 16.3 Å². The van der Waals surface area contributed by atoms with Crippen LogP contribution in [0.1, 0.15) is 6.42 Å². The van der Waals surface area contributed by atoms with Crippen LogP contribution < -0.4 is 0 Å². The van der Waals surface area contributed by atoms with Gasteiger partial charge in [-0.2, -0.15) is 0 Å². The number of carboxylic acid groups (broad SMARTS) is 1. The van der Waals surface area contributed by atoms with Gasteiger partial charge in [0.15, 0.2) is 6.61 Å². The van der Waals surface area contributed by atoms with Crippen LogP contribution in [0.3, 0.4) is 0 Å². The Hall–Kier alpha value is -1.76. The molecular weight excluding hydrogens is 208 g/mol. The minimum absolute atomic E-state index is 0.00336. The molecule has 0 radical (unpaired) electrons. The van der Waals surface area contributed by atoms with Gasteiger partial charge < -0.3 is 9.84 Å². The van der Waals surface area contributed by atoms with Crippen molar-refractivity contribution in [2.24, 2.45) is 23.7 Å². The third-order valence-corrected chi connectivity index (χ3v) is 3.31. The summed E-state index contributed by atoms with van der Waals surface area (Å²) in [4.78, 5) is 22.8. The Morgan fingerprint density at radius 3 is 2.56 bits per heavy atom. The van der Waals surface area contributed by atoms with Gasteiger partial charge in [-0.25, -0.2) is 0 Å². The van der Waals surface area contributed by atoms with E-state index in [1.54, 1.807) is 0 Å². The summed E-state index contributed by atoms with van der Waals surface area (Å²) in [6.45, 7) is -0.0945. The lowest BCUT2D eigenvalue weighted by Crippen LogP contribution is -2.34. The third kappa shape index (κ3) is 1.58. The van der Waals surface area contributed by atoms with Gasteiger partial charge in [0.1, 0.15) is 0 Å². The summed E-state index contributed by atoms with van der Waals surface area (Å²) in [5.41, 5.74) is 0. The second-order valence-electron chi connectivity index (χ2n) is 4.15. The largest absolute Gasteiger partial charge is 0.481 e. The maximum atomic E-state index is 11.7. The lowest BCUT2D eigenvalue weighted by atomic mass is 9.83. The molecule has 0 amide bonds. The molecule has 84 valence electrons. The number of aliphatic carboxylic acids is 1. The van der Waals surface area contributed by atoms with Crippen LogP contribution in [0.5, 0.6) is 0 Å². The predicted octanol–water partition coefficient (Wildman–Crippen LogP) is 0.686. The highest BCUT2D eigenvalue weighted by atomic mass is 16.5. The highest BCUT2D eigenvalue weighted by Gasteiger charge is 2.52. The van der Waals surface area contributed by atoms with E-state index in [0.717, 1.165) is 6.42 Å². The molecule has 1 N–H and O–H groups in total. The van der Waals surface area contributed by atoms with E-state index in [0.29, 0.717) is 0 Å². The van der Waals surface area contributed by atoms with Gasteiger partial charge in [-0.1, -0.05) is 18.1 Å². The maximum Gasteiger partial charge on any atom is 0.311 e. The lowest BCUT2D eigenvalue weighted by molar-refractivity contribution is -0.157. The van der Waals surface area contributed by atoms with Crippen LogP contribution in [0.25, 0.3) is 0 Å². The molecule has 0 saturated heterocycles. The van der Waals surface area contributed by atoms with Gasteiger partial charge in [0.05, 0.1) is 11.8 Å². The molecule has 0 aromatic rings. The zero-order valence-electron chi connectivity index (χ0n) is 8.63. The molecule has 2 bridgehead atoms. The van der Waals surface area contributed by atoms with Crippen molar-refractivity contribution >= 4 is 11.9 Å². The lowest BCUT2D eigenvalue weighted by Gasteiger charge is -2.22. The second-order valence-corrected chi connectivity index (χ2v) is 4.15. The van der Waals surface area contributed by atoms with E-state index in [-0.39, 0.29) is 18.4 Å². The van der Waals surface area contributed by atoms with E-state index in [2.05, 4.69) is 5.92 Å². The number of carbonyl (C=O) groups excluding carboxylic acids is 1. The first-order valence-electron chi connectivity index (χ1n) is 5.16. The minimum atomic E-state index is -0.931. The summed E-state index contributed by atoms with van der Waals surface area (Å²) in [6.07, 6.45) is 9.51. The first-order valence-corrected chi connectivity index (χ1v) is 5.16. The minimum Gasteiger partial charge on any atom is -0.481 e. The number of rotatable bonds is 3. The topological polar surface area (TPSA) is 63.6 Å². The van der Waals surface area contributed by atoms with Gasteiger partial charge in [0.2, 0.25) is 0 Å². The van der Waals surface area contributed by atoms with Crippen molar-refractivity contribution in [1.82, 2.24) is 0 Å². The quantitative estimate of drug-likeness (QED) is 0.431. The number of hydrogen-bond acceptors (Lipinski definition) is 3. The fourth-order valence-electron chi connectivity index (χ4n) is 2.69. The van der Waals surface area contributed by atoms with Crippen LogP contribution in [-0.4, -0.2) is 23.7 Å². The van der Waals surface area contributed by atoms with Crippen LogP contribution >= 0.6 is 0 Å². The SMILES string of the molecule is C#CCOC(=O)[C@@H]1[C@H](C(=O)O)[C@H]2C=C[C@@H]1C2. The van der Waals surface area contributed by atoms with Gasteiger partial charge in [-0.3, -0.25) is 9.59 Å². The van der Waals surface area contributed by atoms with Gasteiger partial charge in [0.25, 0.3) is 0 Å². The van der Waals surface area contributed by atoms with Crippen LogP contribution in [0.15, 0.2) is 12.2 Å². The van der Waals surface area contributed by atoms with Crippen LogP contribution in [0.2, 0.25) is 0 Å². The molecule has 4 atom stereocenters. The fraction of sp³-hybridized carbons (Fsp3) is 0.500. The van der Waals surface area contributed by atoms with Crippen molar-refractivity contribution in [2.75, 3.05) is 6.61 Å². The molecule has 4 nitrogen and oxygen atoms in total. The normalized spacial score (nSPS) is 34.7. The van der Waals surface area contributed by atoms with Crippen LogP contribution in [-0.2, 0) is 14.3 Å². The average molecular weight is 220 g/mol. The van der Waals surface area contributed by atoms with Crippen LogP contribution in [0.4, 0.5) is 0 Å². The number of carboxylic acids is 1. The van der Waals surface area contributed by atoms with Crippen LogP contribution in [0, 0.1) is 36.0 Å². The standard InChI is InChI=1S/C12H12O4/c1-2-5-16-12(15)10-8-4-3-7(6-8)9(10)11(13)14/h1,3-4,7-10H,5-6H2,(H,13,14)/t7-,8+,9+,10-/m0/s1. The summed E-state index contributed by atoms with van der Waals surface area (Å²) in [6, 6.07) is 0. The van der Waals surface area contributed by atoms with E-state index < -0.39 is 23.8 Å². The summed E-state index contributed by atoms with van der Waals surface area (Å²) < 4.78 is 4.84. The van der Waals surface area contributed by atoms with Gasteiger partial charge in [0, 0.05) is 0 Å². The Morgan fingerprint density at radius 2 is 2.00 bits per heavy atom. The summed E-state index contributed by atoms with van der Waals surface area (Å²) in [5.74, 6) is -0.474. The maximum absolute atomic E-state index is 11.7. The molecule has 0 aliphatic heterocycles. The van der Waals surface area contributed by atoms with Gasteiger partial charge in [-0.15, -0.1) is 6.42 Å². The second kappa shape index (κ2) is 4.01. The van der Waals surface area contributed by atoms with Gasteiger partial charge in [-0.05, 0) is 18.3 Å². The number of esters is 1. The molecule has 16 heavy (non-hydrogen) atoms. The summed E-state index contributed by atoms with van der Waals surface area (Å²) in [7, 11) is 0. The Morgan fingerprint density at radius 1 is 1.38 bits per heavy atom. The molecule has 2 aliphatic carbocycles. The van der Waals surface area contributed by atoms with E-state index >= 15 is 0 Å². The molecule has 1 fully saturated rings. The van der Waals surface area contributed by atoms with Crippen molar-refractivity contribution in [3.05, 3.63) is 12.2 Å². The highest BCUT2D eigenvalue weighted by Crippen LogP contribution is 2.48. The Labute approximate surface area is 93.3 Å². The molecule has 1 saturated carbocycles. The molecule has 0 aromatic heterocycles. The molecule has 0 unspecified atom stereocenters. The smallest absolute Gasteiger partial charge is 0.311 e. The number of carbonyl (C=O) groups is 2. The van der Waals surface area contributed by atoms with E-state index in [9.17, 15) is 9.59 Å². The van der Waals surface area contributed by atoms with Crippen molar-refractivity contribution < 1.29 is 19.4 Å². The van der Waals surface area contributed by atoms with Crippen molar-refractivity contribution in [2.45, 2.75) is 6.42 Å². The monoisotopic (exact) mass is 220 g/mol. The number of fused-ring (bicyclic) bond motifs is 2. The highest BCUT2D eigenvalue weighted by molar-refractivity contribution is 5.83. The Bertz CT molecular complexity index is 390. The first-order chi connectivity index (χ1) is 7.65. The summed E-state index contributed by atoms with van der Waals surface area (Å²) >= 11 is 0. The Balaban J connectivity index is 2.14. The van der Waals surface area contributed by atoms with Crippen molar-refractivity contribution in [3.8, 4) is 12.3 Å². The molecule has 2 aliphatic rings. The Kier molecular flexibility index (Phi) is 2.69. The average Bonchev–Trinajstić information content (AvgIpc) is 2.84. The zero-order chi connectivity index (χ0) is 11.7. The number of ether oxygens (including phenoxy) is 1. The number of terminal acetylenes is 1. The molecule has 0 heterocycles. The van der Waals surface area contributed by atoms with Gasteiger partial charge >= 0.3 is 11.9 Å². The molecule has 4 heteroatoms. The van der Waals surface area contributed by atoms with E-state index in [1.165, 1.54) is 0 Å². The predicted molar refractivity (Wildman–Crippen MR) is 55.1 cm³/mol. The zero-order valence-corrected chi connectivity index (χ0v) is 8.63. The molecule has 0 aromatic carbocycles. The number of hydrogen-bond donors (Lipinski definition) is 1. The molecule has 0 spiro atoms. The summed E-state index contributed by atoms with van der Waals surface area (Å²) in [5, 5.41) is 9.10.